The van der Waals surface area contributed by atoms with Gasteiger partial charge in [-0.2, -0.15) is 0 Å². The number of aliphatic imine (C=N–C) groups is 2. The van der Waals surface area contributed by atoms with E-state index in [4.69, 9.17) is 22.9 Å². The van der Waals surface area contributed by atoms with Gasteiger partial charge >= 0.3 is 0 Å². The SMILES string of the molecule is NC(N)=NCCN1CC(=O)N(CCN=C(N)N)c2ccccc2C1. The highest BCUT2D eigenvalue weighted by Crippen LogP contribution is 2.25. The summed E-state index contributed by atoms with van der Waals surface area (Å²) in [5.41, 5.74) is 23.4. The second-order valence-corrected chi connectivity index (χ2v) is 5.50. The van der Waals surface area contributed by atoms with Crippen LogP contribution in [0.15, 0.2) is 34.3 Å². The maximum atomic E-state index is 12.6. The third-order valence-electron chi connectivity index (χ3n) is 3.66. The number of para-hydroxylation sites is 1. The van der Waals surface area contributed by atoms with Crippen molar-refractivity contribution in [2.24, 2.45) is 32.9 Å². The van der Waals surface area contributed by atoms with Crippen molar-refractivity contribution >= 4 is 23.5 Å². The Hall–Kier alpha value is -2.81. The largest absolute Gasteiger partial charge is 0.370 e. The van der Waals surface area contributed by atoms with Crippen LogP contribution in [0.1, 0.15) is 5.56 Å². The third kappa shape index (κ3) is 4.85. The standard InChI is InChI=1S/C15H24N8O/c16-14(17)20-5-7-22-9-11-3-1-2-4-12(11)23(13(24)10-22)8-6-21-15(18)19/h1-4H,5-10H2,(H4,16,17,20)(H4,18,19,21). The number of anilines is 1. The number of nitrogens with zero attached hydrogens (tertiary/aromatic N) is 4. The first kappa shape index (κ1) is 17.5. The molecule has 0 saturated heterocycles. The Labute approximate surface area is 141 Å². The van der Waals surface area contributed by atoms with E-state index in [1.807, 2.05) is 29.2 Å². The van der Waals surface area contributed by atoms with Crippen molar-refractivity contribution in [3.63, 3.8) is 0 Å². The molecule has 0 saturated carbocycles. The zero-order chi connectivity index (χ0) is 17.5. The van der Waals surface area contributed by atoms with Gasteiger partial charge in [-0.05, 0) is 11.6 Å². The summed E-state index contributed by atoms with van der Waals surface area (Å²) in [5.74, 6) is 0.0651. The molecule has 1 aliphatic heterocycles. The molecule has 0 aromatic heterocycles. The number of amides is 1. The molecule has 24 heavy (non-hydrogen) atoms. The molecule has 0 radical (unpaired) electrons. The molecule has 9 nitrogen and oxygen atoms in total. The molecule has 1 aromatic rings. The van der Waals surface area contributed by atoms with Gasteiger partial charge < -0.3 is 27.8 Å². The summed E-state index contributed by atoms with van der Waals surface area (Å²) in [5, 5.41) is 0. The number of fused-ring (bicyclic) bond motifs is 1. The van der Waals surface area contributed by atoms with Crippen molar-refractivity contribution in [1.29, 1.82) is 0 Å². The molecule has 1 amide bonds. The first-order valence-corrected chi connectivity index (χ1v) is 7.69. The number of nitrogens with two attached hydrogens (primary N) is 4. The average molecular weight is 332 g/mol. The Morgan fingerprint density at radius 3 is 2.25 bits per heavy atom. The van der Waals surface area contributed by atoms with E-state index in [0.717, 1.165) is 11.3 Å². The van der Waals surface area contributed by atoms with Gasteiger partial charge in [-0.1, -0.05) is 18.2 Å². The van der Waals surface area contributed by atoms with Gasteiger partial charge in [0, 0.05) is 25.3 Å². The van der Waals surface area contributed by atoms with Gasteiger partial charge in [0.1, 0.15) is 0 Å². The Bertz CT molecular complexity index is 634. The topological polar surface area (TPSA) is 152 Å². The van der Waals surface area contributed by atoms with Crippen molar-refractivity contribution in [2.75, 3.05) is 37.6 Å². The predicted octanol–water partition coefficient (Wildman–Crippen LogP) is -1.62. The fourth-order valence-electron chi connectivity index (χ4n) is 2.62. The van der Waals surface area contributed by atoms with Gasteiger partial charge in [-0.15, -0.1) is 0 Å². The molecule has 1 aliphatic rings. The van der Waals surface area contributed by atoms with Crippen LogP contribution in [-0.2, 0) is 11.3 Å². The maximum Gasteiger partial charge on any atom is 0.241 e. The molecular formula is C15H24N8O. The van der Waals surface area contributed by atoms with Gasteiger partial charge in [0.25, 0.3) is 0 Å². The van der Waals surface area contributed by atoms with Crippen LogP contribution in [0.25, 0.3) is 0 Å². The van der Waals surface area contributed by atoms with E-state index >= 15 is 0 Å². The van der Waals surface area contributed by atoms with E-state index in [1.165, 1.54) is 0 Å². The minimum Gasteiger partial charge on any atom is -0.370 e. The first-order valence-electron chi connectivity index (χ1n) is 7.69. The van der Waals surface area contributed by atoms with E-state index in [-0.39, 0.29) is 24.4 Å². The predicted molar refractivity (Wildman–Crippen MR) is 95.4 cm³/mol. The summed E-state index contributed by atoms with van der Waals surface area (Å²) in [6.45, 7) is 2.77. The fourth-order valence-corrected chi connectivity index (χ4v) is 2.62. The summed E-state index contributed by atoms with van der Waals surface area (Å²) < 4.78 is 0. The minimum absolute atomic E-state index is 0.00422. The summed E-state index contributed by atoms with van der Waals surface area (Å²) in [6, 6.07) is 7.81. The molecule has 0 bridgehead atoms. The number of hydrogen-bond donors (Lipinski definition) is 4. The number of benzene rings is 1. The van der Waals surface area contributed by atoms with Gasteiger partial charge in [0.05, 0.1) is 19.6 Å². The van der Waals surface area contributed by atoms with Crippen LogP contribution in [0.2, 0.25) is 0 Å². The lowest BCUT2D eigenvalue weighted by molar-refractivity contribution is -0.119. The van der Waals surface area contributed by atoms with E-state index in [9.17, 15) is 4.79 Å². The molecular weight excluding hydrogens is 308 g/mol. The van der Waals surface area contributed by atoms with Gasteiger partial charge in [0.2, 0.25) is 5.91 Å². The first-order chi connectivity index (χ1) is 11.5. The van der Waals surface area contributed by atoms with Crippen molar-refractivity contribution in [3.05, 3.63) is 29.8 Å². The number of hydrogen-bond acceptors (Lipinski definition) is 4. The Balaban J connectivity index is 2.15. The molecule has 0 fully saturated rings. The lowest BCUT2D eigenvalue weighted by Gasteiger charge is -2.22. The Kier molecular flexibility index (Phi) is 5.96. The van der Waals surface area contributed by atoms with E-state index in [0.29, 0.717) is 32.7 Å². The number of guanidine groups is 2. The van der Waals surface area contributed by atoms with Crippen LogP contribution in [0.3, 0.4) is 0 Å². The van der Waals surface area contributed by atoms with Crippen molar-refractivity contribution < 1.29 is 4.79 Å². The van der Waals surface area contributed by atoms with Crippen molar-refractivity contribution in [2.45, 2.75) is 6.54 Å². The number of rotatable bonds is 6. The minimum atomic E-state index is -0.00422. The van der Waals surface area contributed by atoms with Crippen molar-refractivity contribution in [1.82, 2.24) is 4.90 Å². The van der Waals surface area contributed by atoms with Crippen LogP contribution in [0.5, 0.6) is 0 Å². The van der Waals surface area contributed by atoms with Gasteiger partial charge in [-0.25, -0.2) is 0 Å². The summed E-state index contributed by atoms with van der Waals surface area (Å²) in [6.07, 6.45) is 0. The molecule has 130 valence electrons. The second kappa shape index (κ2) is 8.16. The fraction of sp³-hybridized carbons (Fsp3) is 0.400. The highest BCUT2D eigenvalue weighted by Gasteiger charge is 2.25. The Morgan fingerprint density at radius 2 is 1.58 bits per heavy atom. The molecule has 1 heterocycles. The molecule has 0 unspecified atom stereocenters. The van der Waals surface area contributed by atoms with Crippen LogP contribution < -0.4 is 27.8 Å². The zero-order valence-corrected chi connectivity index (χ0v) is 13.6. The Morgan fingerprint density at radius 1 is 0.958 bits per heavy atom. The number of carbonyl (C=O) groups excluding carboxylic acids is 1. The highest BCUT2D eigenvalue weighted by atomic mass is 16.2. The summed E-state index contributed by atoms with van der Waals surface area (Å²) in [7, 11) is 0. The van der Waals surface area contributed by atoms with Crippen LogP contribution >= 0.6 is 0 Å². The van der Waals surface area contributed by atoms with E-state index in [2.05, 4.69) is 9.98 Å². The molecule has 1 aromatic carbocycles. The van der Waals surface area contributed by atoms with E-state index < -0.39 is 0 Å². The summed E-state index contributed by atoms with van der Waals surface area (Å²) in [4.78, 5) is 24.3. The smallest absolute Gasteiger partial charge is 0.241 e. The monoisotopic (exact) mass is 332 g/mol. The molecule has 8 N–H and O–H groups in total. The molecule has 9 heteroatoms. The van der Waals surface area contributed by atoms with Crippen LogP contribution in [0, 0.1) is 0 Å². The molecule has 0 atom stereocenters. The molecule has 0 spiro atoms. The van der Waals surface area contributed by atoms with Crippen LogP contribution in [0.4, 0.5) is 5.69 Å². The number of carbonyl (C=O) groups is 1. The van der Waals surface area contributed by atoms with Crippen LogP contribution in [-0.4, -0.2) is 55.4 Å². The lowest BCUT2D eigenvalue weighted by atomic mass is 10.1. The highest BCUT2D eigenvalue weighted by molar-refractivity contribution is 5.96. The third-order valence-corrected chi connectivity index (χ3v) is 3.66. The quantitative estimate of drug-likeness (QED) is 0.363. The molecule has 0 aliphatic carbocycles. The van der Waals surface area contributed by atoms with Gasteiger partial charge in [-0.3, -0.25) is 19.7 Å². The second-order valence-electron chi connectivity index (χ2n) is 5.50. The zero-order valence-electron chi connectivity index (χ0n) is 13.6. The normalized spacial score (nSPS) is 14.7. The van der Waals surface area contributed by atoms with Crippen molar-refractivity contribution in [3.8, 4) is 0 Å². The van der Waals surface area contributed by atoms with E-state index in [1.54, 1.807) is 4.90 Å². The molecule has 2 rings (SSSR count). The van der Waals surface area contributed by atoms with Gasteiger partial charge in [0.15, 0.2) is 11.9 Å². The average Bonchev–Trinajstić information content (AvgIpc) is 2.64. The summed E-state index contributed by atoms with van der Waals surface area (Å²) >= 11 is 0. The maximum absolute atomic E-state index is 12.6. The lowest BCUT2D eigenvalue weighted by Crippen LogP contribution is -2.40.